The van der Waals surface area contributed by atoms with Gasteiger partial charge in [-0.15, -0.1) is 0 Å². The molecule has 0 radical (unpaired) electrons. The van der Waals surface area contributed by atoms with Crippen LogP contribution in [0.25, 0.3) is 0 Å². The second kappa shape index (κ2) is 6.92. The van der Waals surface area contributed by atoms with Gasteiger partial charge in [-0.2, -0.15) is 13.2 Å². The summed E-state index contributed by atoms with van der Waals surface area (Å²) >= 11 is 0. The molecule has 0 bridgehead atoms. The first-order chi connectivity index (χ1) is 11.6. The first-order valence-electron chi connectivity index (χ1n) is 7.30. The molecule has 2 rings (SSSR count). The molecule has 2 aromatic carbocycles. The fourth-order valence-corrected chi connectivity index (χ4v) is 2.30. The molecule has 1 atom stereocenters. The highest BCUT2D eigenvalue weighted by Gasteiger charge is 2.30. The number of carbonyl (C=O) groups excluding carboxylic acids is 1. The fraction of sp³-hybridized carbons (Fsp3) is 0.235. The van der Waals surface area contributed by atoms with E-state index in [0.29, 0.717) is 5.56 Å². The summed E-state index contributed by atoms with van der Waals surface area (Å²) in [5, 5.41) is 10.8. The Labute approximate surface area is 141 Å². The van der Waals surface area contributed by atoms with Crippen LogP contribution < -0.4 is 0 Å². The second-order valence-corrected chi connectivity index (χ2v) is 5.52. The van der Waals surface area contributed by atoms with E-state index >= 15 is 0 Å². The minimum atomic E-state index is -4.47. The Bertz CT molecular complexity index is 788. The Morgan fingerprint density at radius 2 is 1.76 bits per heavy atom. The highest BCUT2D eigenvalue weighted by atomic mass is 19.4. The van der Waals surface area contributed by atoms with Crippen molar-refractivity contribution in [3.05, 3.63) is 75.3 Å². The normalized spacial score (nSPS) is 12.5. The molecule has 0 aliphatic carbocycles. The lowest BCUT2D eigenvalue weighted by Gasteiger charge is -2.25. The summed E-state index contributed by atoms with van der Waals surface area (Å²) < 4.78 is 37.7. The smallest absolute Gasteiger partial charge is 0.335 e. The number of carbonyl (C=O) groups is 1. The van der Waals surface area contributed by atoms with Crippen LogP contribution in [0.1, 0.15) is 34.5 Å². The largest absolute Gasteiger partial charge is 0.416 e. The Kier molecular flexibility index (Phi) is 5.10. The number of hydrogen-bond acceptors (Lipinski definition) is 3. The van der Waals surface area contributed by atoms with Crippen LogP contribution in [0.5, 0.6) is 0 Å². The summed E-state index contributed by atoms with van der Waals surface area (Å²) in [7, 11) is 1.49. The molecule has 8 heteroatoms. The lowest BCUT2D eigenvalue weighted by molar-refractivity contribution is -0.384. The van der Waals surface area contributed by atoms with E-state index in [-0.39, 0.29) is 11.3 Å². The number of benzene rings is 2. The maximum absolute atomic E-state index is 12.6. The zero-order valence-electron chi connectivity index (χ0n) is 13.4. The van der Waals surface area contributed by atoms with Gasteiger partial charge in [-0.3, -0.25) is 14.9 Å². The van der Waals surface area contributed by atoms with Crippen molar-refractivity contribution in [2.24, 2.45) is 0 Å². The van der Waals surface area contributed by atoms with E-state index in [4.69, 9.17) is 0 Å². The number of nitrogens with zero attached hydrogens (tertiary/aromatic N) is 2. The maximum atomic E-state index is 12.6. The molecule has 2 aromatic rings. The number of nitro groups is 1. The average Bonchev–Trinajstić information content (AvgIpc) is 2.59. The standard InChI is InChI=1S/C17H15F3N2O3/c1-11(13-4-3-5-15(10-13)22(24)25)21(2)16(23)12-6-8-14(9-7-12)17(18,19)20/h3-11H,1-2H3/t11-/m1/s1. The molecule has 5 nitrogen and oxygen atoms in total. The molecular weight excluding hydrogens is 337 g/mol. The van der Waals surface area contributed by atoms with Crippen molar-refractivity contribution in [3.63, 3.8) is 0 Å². The number of rotatable bonds is 4. The molecule has 0 saturated carbocycles. The second-order valence-electron chi connectivity index (χ2n) is 5.52. The van der Waals surface area contributed by atoms with Gasteiger partial charge in [-0.1, -0.05) is 12.1 Å². The van der Waals surface area contributed by atoms with Gasteiger partial charge in [0.25, 0.3) is 11.6 Å². The molecule has 0 aromatic heterocycles. The van der Waals surface area contributed by atoms with Crippen LogP contribution in [0.4, 0.5) is 18.9 Å². The number of alkyl halides is 3. The lowest BCUT2D eigenvalue weighted by Crippen LogP contribution is -2.29. The topological polar surface area (TPSA) is 63.5 Å². The molecule has 1 amide bonds. The van der Waals surface area contributed by atoms with Crippen molar-refractivity contribution in [2.75, 3.05) is 7.05 Å². The lowest BCUT2D eigenvalue weighted by atomic mass is 10.0. The van der Waals surface area contributed by atoms with Crippen LogP contribution in [0, 0.1) is 10.1 Å². The molecule has 0 fully saturated rings. The van der Waals surface area contributed by atoms with Gasteiger partial charge in [0.15, 0.2) is 0 Å². The number of amides is 1. The summed E-state index contributed by atoms with van der Waals surface area (Å²) in [5.74, 6) is -0.479. The highest BCUT2D eigenvalue weighted by molar-refractivity contribution is 5.94. The van der Waals surface area contributed by atoms with Crippen molar-refractivity contribution in [1.29, 1.82) is 0 Å². The summed E-state index contributed by atoms with van der Waals surface area (Å²) in [6, 6.07) is 9.29. The average molecular weight is 352 g/mol. The third-order valence-corrected chi connectivity index (χ3v) is 3.92. The molecule has 132 valence electrons. The molecule has 25 heavy (non-hydrogen) atoms. The molecule has 0 heterocycles. The van der Waals surface area contributed by atoms with E-state index in [9.17, 15) is 28.1 Å². The van der Waals surface area contributed by atoms with Gasteiger partial charge in [0.05, 0.1) is 16.5 Å². The first-order valence-corrected chi connectivity index (χ1v) is 7.30. The van der Waals surface area contributed by atoms with Crippen molar-refractivity contribution in [1.82, 2.24) is 4.90 Å². The van der Waals surface area contributed by atoms with Crippen LogP contribution in [0.2, 0.25) is 0 Å². The zero-order valence-corrected chi connectivity index (χ0v) is 13.4. The summed E-state index contributed by atoms with van der Waals surface area (Å²) in [6.45, 7) is 1.68. The fourth-order valence-electron chi connectivity index (χ4n) is 2.30. The van der Waals surface area contributed by atoms with Gasteiger partial charge in [-0.05, 0) is 36.8 Å². The van der Waals surface area contributed by atoms with Gasteiger partial charge in [0.2, 0.25) is 0 Å². The minimum absolute atomic E-state index is 0.0975. The molecule has 0 aliphatic rings. The predicted octanol–water partition coefficient (Wildman–Crippen LogP) is 4.45. The minimum Gasteiger partial charge on any atom is -0.335 e. The van der Waals surface area contributed by atoms with E-state index in [1.54, 1.807) is 13.0 Å². The first kappa shape index (κ1) is 18.4. The third kappa shape index (κ3) is 4.14. The zero-order chi connectivity index (χ0) is 18.8. The molecule has 0 unspecified atom stereocenters. The number of non-ortho nitro benzene ring substituents is 1. The van der Waals surface area contributed by atoms with Crippen molar-refractivity contribution >= 4 is 11.6 Å². The summed E-state index contributed by atoms with van der Waals surface area (Å²) in [5.41, 5.74) is -0.275. The van der Waals surface area contributed by atoms with E-state index in [1.165, 1.54) is 30.1 Å². The molecule has 0 aliphatic heterocycles. The predicted molar refractivity (Wildman–Crippen MR) is 85.0 cm³/mol. The molecule has 0 N–H and O–H groups in total. The summed E-state index contributed by atoms with van der Waals surface area (Å²) in [4.78, 5) is 24.1. The van der Waals surface area contributed by atoms with E-state index in [1.807, 2.05) is 0 Å². The number of nitro benzene ring substituents is 1. The summed E-state index contributed by atoms with van der Waals surface area (Å²) in [6.07, 6.45) is -4.47. The third-order valence-electron chi connectivity index (χ3n) is 3.92. The van der Waals surface area contributed by atoms with Crippen molar-refractivity contribution < 1.29 is 22.9 Å². The van der Waals surface area contributed by atoms with Crippen molar-refractivity contribution in [3.8, 4) is 0 Å². The van der Waals surface area contributed by atoms with E-state index in [0.717, 1.165) is 24.3 Å². The van der Waals surface area contributed by atoms with Gasteiger partial charge in [0, 0.05) is 24.7 Å². The van der Waals surface area contributed by atoms with Crippen LogP contribution in [-0.2, 0) is 6.18 Å². The van der Waals surface area contributed by atoms with Gasteiger partial charge in [0.1, 0.15) is 0 Å². The molecule has 0 spiro atoms. The van der Waals surface area contributed by atoms with Crippen LogP contribution >= 0.6 is 0 Å². The Morgan fingerprint density at radius 3 is 2.28 bits per heavy atom. The quantitative estimate of drug-likeness (QED) is 0.603. The van der Waals surface area contributed by atoms with Crippen LogP contribution in [0.15, 0.2) is 48.5 Å². The Hall–Kier alpha value is -2.90. The van der Waals surface area contributed by atoms with E-state index in [2.05, 4.69) is 0 Å². The van der Waals surface area contributed by atoms with Crippen molar-refractivity contribution in [2.45, 2.75) is 19.1 Å². The number of hydrogen-bond donors (Lipinski definition) is 0. The monoisotopic (exact) mass is 352 g/mol. The van der Waals surface area contributed by atoms with Gasteiger partial charge < -0.3 is 4.90 Å². The van der Waals surface area contributed by atoms with E-state index < -0.39 is 28.6 Å². The molecular formula is C17H15F3N2O3. The van der Waals surface area contributed by atoms with Gasteiger partial charge >= 0.3 is 6.18 Å². The maximum Gasteiger partial charge on any atom is 0.416 e. The molecule has 0 saturated heterocycles. The van der Waals surface area contributed by atoms with Crippen LogP contribution in [0.3, 0.4) is 0 Å². The Morgan fingerprint density at radius 1 is 1.16 bits per heavy atom. The Balaban J connectivity index is 2.21. The highest BCUT2D eigenvalue weighted by Crippen LogP contribution is 2.30. The van der Waals surface area contributed by atoms with Gasteiger partial charge in [-0.25, -0.2) is 0 Å². The number of halogens is 3. The van der Waals surface area contributed by atoms with Crippen LogP contribution in [-0.4, -0.2) is 22.8 Å². The SMILES string of the molecule is C[C@H](c1cccc([N+](=O)[O-])c1)N(C)C(=O)c1ccc(C(F)(F)F)cc1.